The molecule has 0 saturated heterocycles. The minimum absolute atomic E-state index is 0.00365. The highest BCUT2D eigenvalue weighted by Gasteiger charge is 2.17. The van der Waals surface area contributed by atoms with Gasteiger partial charge in [-0.2, -0.15) is 5.26 Å². The Labute approximate surface area is 138 Å². The third-order valence-electron chi connectivity index (χ3n) is 3.57. The molecular formula is C16H18N4O2S. The molecular weight excluding hydrogens is 312 g/mol. The maximum atomic E-state index is 12.0. The van der Waals surface area contributed by atoms with Crippen molar-refractivity contribution in [1.29, 1.82) is 5.26 Å². The van der Waals surface area contributed by atoms with Gasteiger partial charge in [0.2, 0.25) is 0 Å². The van der Waals surface area contributed by atoms with E-state index in [1.165, 1.54) is 11.8 Å². The monoisotopic (exact) mass is 330 g/mol. The molecule has 0 spiro atoms. The fraction of sp³-hybridized carbons (Fsp3) is 0.312. The average Bonchev–Trinajstić information content (AvgIpc) is 2.55. The van der Waals surface area contributed by atoms with Crippen molar-refractivity contribution >= 4 is 17.4 Å². The first-order valence-electron chi connectivity index (χ1n) is 7.22. The molecule has 23 heavy (non-hydrogen) atoms. The molecule has 0 atom stereocenters. The maximum Gasteiger partial charge on any atom is 0.270 e. The quantitative estimate of drug-likeness (QED) is 0.646. The van der Waals surface area contributed by atoms with E-state index in [0.717, 1.165) is 18.8 Å². The first kappa shape index (κ1) is 16.9. The van der Waals surface area contributed by atoms with Crippen LogP contribution in [0.4, 0.5) is 5.69 Å². The zero-order valence-electron chi connectivity index (χ0n) is 13.3. The molecule has 0 fully saturated rings. The topological polar surface area (TPSA) is 93.0 Å². The van der Waals surface area contributed by atoms with Gasteiger partial charge in [-0.3, -0.25) is 4.79 Å². The predicted molar refractivity (Wildman–Crippen MR) is 92.0 cm³/mol. The largest absolute Gasteiger partial charge is 0.507 e. The smallest absolute Gasteiger partial charge is 0.270 e. The van der Waals surface area contributed by atoms with Gasteiger partial charge in [0.1, 0.15) is 23.1 Å². The van der Waals surface area contributed by atoms with E-state index in [-0.39, 0.29) is 17.0 Å². The number of rotatable bonds is 5. The Bertz CT molecular complexity index is 807. The summed E-state index contributed by atoms with van der Waals surface area (Å²) in [7, 11) is 0. The van der Waals surface area contributed by atoms with Crippen LogP contribution in [0.25, 0.3) is 11.3 Å². The summed E-state index contributed by atoms with van der Waals surface area (Å²) in [6.45, 7) is 5.70. The summed E-state index contributed by atoms with van der Waals surface area (Å²) in [4.78, 5) is 20.9. The van der Waals surface area contributed by atoms with Crippen molar-refractivity contribution in [2.24, 2.45) is 0 Å². The van der Waals surface area contributed by atoms with E-state index in [1.807, 2.05) is 26.0 Å². The lowest BCUT2D eigenvalue weighted by Gasteiger charge is -2.21. The number of phenols is 1. The SMILES string of the molecule is CCN(CC)c1ccc(-c2nc(SC)[nH]c(=O)c2C#N)c(O)c1. The second kappa shape index (κ2) is 7.20. The van der Waals surface area contributed by atoms with E-state index in [4.69, 9.17) is 0 Å². The lowest BCUT2D eigenvalue weighted by molar-refractivity contribution is 0.477. The second-order valence-electron chi connectivity index (χ2n) is 4.78. The van der Waals surface area contributed by atoms with Gasteiger partial charge in [0.05, 0.1) is 0 Å². The molecule has 7 heteroatoms. The molecule has 0 aliphatic heterocycles. The van der Waals surface area contributed by atoms with Crippen molar-refractivity contribution in [2.75, 3.05) is 24.2 Å². The van der Waals surface area contributed by atoms with Crippen molar-refractivity contribution in [2.45, 2.75) is 19.0 Å². The number of aromatic hydroxyl groups is 1. The van der Waals surface area contributed by atoms with Gasteiger partial charge in [0.25, 0.3) is 5.56 Å². The van der Waals surface area contributed by atoms with Crippen molar-refractivity contribution < 1.29 is 5.11 Å². The van der Waals surface area contributed by atoms with E-state index >= 15 is 0 Å². The molecule has 0 saturated carbocycles. The van der Waals surface area contributed by atoms with E-state index < -0.39 is 5.56 Å². The molecule has 1 aromatic carbocycles. The van der Waals surface area contributed by atoms with Gasteiger partial charge in [-0.05, 0) is 32.2 Å². The molecule has 0 bridgehead atoms. The number of thioether (sulfide) groups is 1. The number of nitrogens with one attached hydrogen (secondary N) is 1. The van der Waals surface area contributed by atoms with Crippen LogP contribution in [0.2, 0.25) is 0 Å². The molecule has 120 valence electrons. The summed E-state index contributed by atoms with van der Waals surface area (Å²) in [5, 5.41) is 20.0. The minimum atomic E-state index is -0.505. The fourth-order valence-corrected chi connectivity index (χ4v) is 2.73. The van der Waals surface area contributed by atoms with Crippen LogP contribution in [0.15, 0.2) is 28.2 Å². The molecule has 0 aliphatic carbocycles. The van der Waals surface area contributed by atoms with Crippen LogP contribution in [0.5, 0.6) is 5.75 Å². The number of anilines is 1. The Morgan fingerprint density at radius 3 is 2.61 bits per heavy atom. The molecule has 0 amide bonds. The van der Waals surface area contributed by atoms with Crippen molar-refractivity contribution in [3.63, 3.8) is 0 Å². The zero-order valence-corrected chi connectivity index (χ0v) is 14.1. The zero-order chi connectivity index (χ0) is 17.0. The summed E-state index contributed by atoms with van der Waals surface area (Å²) in [6, 6.07) is 7.04. The molecule has 0 unspecified atom stereocenters. The highest BCUT2D eigenvalue weighted by Crippen LogP contribution is 2.33. The Hall–Kier alpha value is -2.46. The summed E-state index contributed by atoms with van der Waals surface area (Å²) in [5.41, 5.74) is 0.843. The number of hydrogen-bond donors (Lipinski definition) is 2. The standard InChI is InChI=1S/C16H18N4O2S/c1-4-20(5-2)10-6-7-11(13(21)8-10)14-12(9-17)15(22)19-16(18-14)23-3/h6-8,21H,4-5H2,1-3H3,(H,18,19,22). The number of nitrogens with zero attached hydrogens (tertiary/aromatic N) is 3. The Balaban J connectivity index is 2.62. The molecule has 1 heterocycles. The van der Waals surface area contributed by atoms with E-state index in [1.54, 1.807) is 18.4 Å². The number of aromatic amines is 1. The van der Waals surface area contributed by atoms with Crippen LogP contribution in [-0.2, 0) is 0 Å². The Kier molecular flexibility index (Phi) is 5.29. The predicted octanol–water partition coefficient (Wildman–Crippen LogP) is 2.58. The molecule has 2 rings (SSSR count). The minimum Gasteiger partial charge on any atom is -0.507 e. The average molecular weight is 330 g/mol. The summed E-state index contributed by atoms with van der Waals surface area (Å²) in [6.07, 6.45) is 1.78. The number of H-pyrrole nitrogens is 1. The second-order valence-corrected chi connectivity index (χ2v) is 5.58. The molecule has 0 aliphatic rings. The molecule has 1 aromatic heterocycles. The fourth-order valence-electron chi connectivity index (χ4n) is 2.35. The number of nitriles is 1. The van der Waals surface area contributed by atoms with Crippen molar-refractivity contribution in [3.8, 4) is 23.1 Å². The van der Waals surface area contributed by atoms with Gasteiger partial charge in [-0.1, -0.05) is 11.8 Å². The third-order valence-corrected chi connectivity index (χ3v) is 4.15. The van der Waals surface area contributed by atoms with Crippen LogP contribution < -0.4 is 10.5 Å². The first-order chi connectivity index (χ1) is 11.0. The number of hydrogen-bond acceptors (Lipinski definition) is 6. The van der Waals surface area contributed by atoms with Gasteiger partial charge in [-0.25, -0.2) is 4.98 Å². The van der Waals surface area contributed by atoms with E-state index in [0.29, 0.717) is 10.7 Å². The maximum absolute atomic E-state index is 12.0. The number of aromatic nitrogens is 2. The van der Waals surface area contributed by atoms with E-state index in [2.05, 4.69) is 14.9 Å². The third kappa shape index (κ3) is 3.32. The molecule has 6 nitrogen and oxygen atoms in total. The van der Waals surface area contributed by atoms with Gasteiger partial charge in [0, 0.05) is 30.4 Å². The molecule has 2 aromatic rings. The number of phenolic OH excluding ortho intramolecular Hbond substituents is 1. The summed E-state index contributed by atoms with van der Waals surface area (Å²) >= 11 is 1.27. The van der Waals surface area contributed by atoms with Gasteiger partial charge < -0.3 is 15.0 Å². The number of benzene rings is 1. The van der Waals surface area contributed by atoms with Crippen LogP contribution in [0.1, 0.15) is 19.4 Å². The van der Waals surface area contributed by atoms with Crippen LogP contribution in [-0.4, -0.2) is 34.4 Å². The lowest BCUT2D eigenvalue weighted by atomic mass is 10.1. The van der Waals surface area contributed by atoms with Crippen molar-refractivity contribution in [1.82, 2.24) is 9.97 Å². The van der Waals surface area contributed by atoms with E-state index in [9.17, 15) is 15.2 Å². The normalized spacial score (nSPS) is 10.3. The summed E-state index contributed by atoms with van der Waals surface area (Å²) < 4.78 is 0. The lowest BCUT2D eigenvalue weighted by Crippen LogP contribution is -2.21. The van der Waals surface area contributed by atoms with Crippen LogP contribution in [0.3, 0.4) is 0 Å². The highest BCUT2D eigenvalue weighted by molar-refractivity contribution is 7.98. The highest BCUT2D eigenvalue weighted by atomic mass is 32.2. The Morgan fingerprint density at radius 2 is 2.09 bits per heavy atom. The van der Waals surface area contributed by atoms with Gasteiger partial charge in [0.15, 0.2) is 5.16 Å². The van der Waals surface area contributed by atoms with Gasteiger partial charge in [-0.15, -0.1) is 0 Å². The molecule has 2 N–H and O–H groups in total. The summed E-state index contributed by atoms with van der Waals surface area (Å²) in [5.74, 6) is -0.00365. The Morgan fingerprint density at radius 1 is 1.39 bits per heavy atom. The van der Waals surface area contributed by atoms with Crippen LogP contribution in [0, 0.1) is 11.3 Å². The first-order valence-corrected chi connectivity index (χ1v) is 8.44. The van der Waals surface area contributed by atoms with Crippen molar-refractivity contribution in [3.05, 3.63) is 34.1 Å². The molecule has 0 radical (unpaired) electrons. The van der Waals surface area contributed by atoms with Crippen LogP contribution >= 0.6 is 11.8 Å². The van der Waals surface area contributed by atoms with Gasteiger partial charge >= 0.3 is 0 Å².